The zero-order chi connectivity index (χ0) is 24.2. The molecule has 2 aromatic carbocycles. The molecule has 2 aliphatic rings. The highest BCUT2D eigenvalue weighted by Gasteiger charge is 2.38. The van der Waals surface area contributed by atoms with E-state index in [1.165, 1.54) is 35.1 Å². The van der Waals surface area contributed by atoms with Gasteiger partial charge in [0, 0.05) is 6.04 Å². The largest absolute Gasteiger partial charge is 0.489 e. The number of hydrogen-bond donors (Lipinski definition) is 0. The number of carbonyl (C=O) groups excluding carboxylic acids is 1. The number of carbonyl (C=O) groups is 1. The Kier molecular flexibility index (Phi) is 7.29. The van der Waals surface area contributed by atoms with Crippen LogP contribution in [0.1, 0.15) is 53.8 Å². The summed E-state index contributed by atoms with van der Waals surface area (Å²) in [6.45, 7) is 4.48. The number of aliphatic imine (C=N–C) groups is 1. The minimum atomic E-state index is 0.0212. The third-order valence-electron chi connectivity index (χ3n) is 6.17. The second kappa shape index (κ2) is 10.7. The van der Waals surface area contributed by atoms with Crippen molar-refractivity contribution in [2.24, 2.45) is 4.99 Å². The van der Waals surface area contributed by atoms with Crippen molar-refractivity contribution in [2.45, 2.75) is 58.6 Å². The van der Waals surface area contributed by atoms with Gasteiger partial charge in [-0.05, 0) is 67.8 Å². The molecule has 5 rings (SSSR count). The van der Waals surface area contributed by atoms with Crippen molar-refractivity contribution in [3.8, 4) is 5.75 Å². The van der Waals surface area contributed by atoms with Crippen molar-refractivity contribution in [1.29, 1.82) is 0 Å². The number of amides is 1. The summed E-state index contributed by atoms with van der Waals surface area (Å²) in [5, 5.41) is 10.4. The van der Waals surface area contributed by atoms with Crippen LogP contribution >= 0.6 is 23.1 Å². The van der Waals surface area contributed by atoms with Crippen LogP contribution in [0.3, 0.4) is 0 Å². The Hall–Kier alpha value is -2.97. The molecule has 1 amide bonds. The van der Waals surface area contributed by atoms with Gasteiger partial charge in [0.1, 0.15) is 17.4 Å². The molecule has 1 saturated carbocycles. The fourth-order valence-corrected chi connectivity index (χ4v) is 5.99. The first-order valence-corrected chi connectivity index (χ1v) is 13.6. The smallest absolute Gasteiger partial charge is 0.267 e. The van der Waals surface area contributed by atoms with Crippen LogP contribution in [-0.2, 0) is 11.4 Å². The molecule has 8 heteroatoms. The molecule has 1 aliphatic carbocycles. The van der Waals surface area contributed by atoms with Gasteiger partial charge >= 0.3 is 0 Å². The third-order valence-corrected chi connectivity index (χ3v) is 7.88. The summed E-state index contributed by atoms with van der Waals surface area (Å²) in [6, 6.07) is 16.4. The second-order valence-electron chi connectivity index (χ2n) is 8.92. The van der Waals surface area contributed by atoms with E-state index >= 15 is 0 Å². The molecule has 0 bridgehead atoms. The van der Waals surface area contributed by atoms with Crippen LogP contribution in [-0.4, -0.2) is 32.2 Å². The predicted molar refractivity (Wildman–Crippen MR) is 143 cm³/mol. The summed E-state index contributed by atoms with van der Waals surface area (Å²) in [7, 11) is 0. The molecule has 0 radical (unpaired) electrons. The Labute approximate surface area is 214 Å². The summed E-state index contributed by atoms with van der Waals surface area (Å²) >= 11 is 2.86. The van der Waals surface area contributed by atoms with E-state index in [1.54, 1.807) is 0 Å². The van der Waals surface area contributed by atoms with E-state index in [4.69, 9.17) is 9.73 Å². The Morgan fingerprint density at radius 2 is 1.89 bits per heavy atom. The van der Waals surface area contributed by atoms with Gasteiger partial charge in [0.2, 0.25) is 5.13 Å². The molecular weight excluding hydrogens is 476 g/mol. The first kappa shape index (κ1) is 23.8. The van der Waals surface area contributed by atoms with Crippen molar-refractivity contribution >= 4 is 45.4 Å². The number of nitrogens with zero attached hydrogens (tertiary/aromatic N) is 4. The van der Waals surface area contributed by atoms with Gasteiger partial charge in [-0.2, -0.15) is 4.99 Å². The van der Waals surface area contributed by atoms with Crippen LogP contribution in [0.15, 0.2) is 58.4 Å². The van der Waals surface area contributed by atoms with E-state index in [2.05, 4.69) is 41.4 Å². The van der Waals surface area contributed by atoms with Crippen LogP contribution in [0, 0.1) is 13.8 Å². The Morgan fingerprint density at radius 3 is 2.63 bits per heavy atom. The van der Waals surface area contributed by atoms with Gasteiger partial charge in [0.05, 0.1) is 4.91 Å². The highest BCUT2D eigenvalue weighted by atomic mass is 32.2. The number of rotatable bonds is 6. The minimum absolute atomic E-state index is 0.0212. The van der Waals surface area contributed by atoms with E-state index < -0.39 is 0 Å². The molecule has 1 saturated heterocycles. The first-order valence-electron chi connectivity index (χ1n) is 12.0. The summed E-state index contributed by atoms with van der Waals surface area (Å²) < 4.78 is 6.01. The number of benzene rings is 2. The van der Waals surface area contributed by atoms with E-state index in [9.17, 15) is 4.79 Å². The molecule has 0 atom stereocenters. The van der Waals surface area contributed by atoms with Gasteiger partial charge in [0.15, 0.2) is 5.17 Å². The number of ether oxygens (including phenoxy) is 1. The third kappa shape index (κ3) is 5.82. The molecule has 0 spiro atoms. The first-order chi connectivity index (χ1) is 17.0. The molecule has 6 nitrogen and oxygen atoms in total. The summed E-state index contributed by atoms with van der Waals surface area (Å²) in [5.74, 6) is 0.797. The van der Waals surface area contributed by atoms with Gasteiger partial charge in [-0.15, -0.1) is 10.2 Å². The lowest BCUT2D eigenvalue weighted by Gasteiger charge is -2.30. The molecule has 0 N–H and O–H groups in total. The molecule has 3 aromatic rings. The zero-order valence-electron chi connectivity index (χ0n) is 19.9. The standard InChI is InChI=1S/C27H28N4O2S2/c1-18-11-13-20(14-12-18)17-33-23-10-6-7-21(15-23)16-24-25(32)31(22-8-4-3-5-9-22)27(35-24)28-26-30-29-19(2)34-26/h6-7,10-16,22H,3-5,8-9,17H2,1-2H3/b24-16-,28-27+. The van der Waals surface area contributed by atoms with Crippen molar-refractivity contribution in [1.82, 2.24) is 15.1 Å². The highest BCUT2D eigenvalue weighted by Crippen LogP contribution is 2.39. The van der Waals surface area contributed by atoms with Crippen molar-refractivity contribution in [2.75, 3.05) is 0 Å². The van der Waals surface area contributed by atoms with Crippen LogP contribution in [0.2, 0.25) is 0 Å². The molecule has 35 heavy (non-hydrogen) atoms. The van der Waals surface area contributed by atoms with Gasteiger partial charge < -0.3 is 4.74 Å². The number of thioether (sulfide) groups is 1. The molecule has 1 aromatic heterocycles. The highest BCUT2D eigenvalue weighted by molar-refractivity contribution is 8.18. The van der Waals surface area contributed by atoms with E-state index in [1.807, 2.05) is 42.2 Å². The maximum absolute atomic E-state index is 13.5. The summed E-state index contributed by atoms with van der Waals surface area (Å²) in [5.41, 5.74) is 3.28. The van der Waals surface area contributed by atoms with Crippen LogP contribution < -0.4 is 4.74 Å². The number of hydrogen-bond acceptors (Lipinski definition) is 7. The maximum Gasteiger partial charge on any atom is 0.267 e. The molecule has 2 heterocycles. The van der Waals surface area contributed by atoms with Gasteiger partial charge in [0.25, 0.3) is 5.91 Å². The predicted octanol–water partition coefficient (Wildman–Crippen LogP) is 6.67. The average Bonchev–Trinajstić information content (AvgIpc) is 3.41. The van der Waals surface area contributed by atoms with Gasteiger partial charge in [-0.25, -0.2) is 0 Å². The van der Waals surface area contributed by atoms with Crippen molar-refractivity contribution in [3.63, 3.8) is 0 Å². The summed E-state index contributed by atoms with van der Waals surface area (Å²) in [6.07, 6.45) is 7.47. The second-order valence-corrected chi connectivity index (χ2v) is 11.1. The number of amidine groups is 1. The van der Waals surface area contributed by atoms with Gasteiger partial charge in [-0.1, -0.05) is 72.6 Å². The van der Waals surface area contributed by atoms with Crippen molar-refractivity contribution in [3.05, 3.63) is 75.1 Å². The maximum atomic E-state index is 13.5. The average molecular weight is 505 g/mol. The topological polar surface area (TPSA) is 67.7 Å². The van der Waals surface area contributed by atoms with Crippen LogP contribution in [0.4, 0.5) is 5.13 Å². The molecular formula is C27H28N4O2S2. The van der Waals surface area contributed by atoms with Crippen molar-refractivity contribution < 1.29 is 9.53 Å². The summed E-state index contributed by atoms with van der Waals surface area (Å²) in [4.78, 5) is 20.8. The number of aryl methyl sites for hydroxylation is 2. The van der Waals surface area contributed by atoms with E-state index in [0.29, 0.717) is 21.8 Å². The van der Waals surface area contributed by atoms with E-state index in [0.717, 1.165) is 47.6 Å². The SMILES string of the molecule is Cc1ccc(COc2cccc(/C=C3\S/C(=N/c4nnc(C)s4)N(C4CCCCC4)C3=O)c2)cc1. The fourth-order valence-electron chi connectivity index (χ4n) is 4.34. The molecule has 0 unspecified atom stereocenters. The number of aromatic nitrogens is 2. The van der Waals surface area contributed by atoms with Crippen LogP contribution in [0.25, 0.3) is 6.08 Å². The monoisotopic (exact) mass is 504 g/mol. The fraction of sp³-hybridized carbons (Fsp3) is 0.333. The lowest BCUT2D eigenvalue weighted by atomic mass is 9.94. The quantitative estimate of drug-likeness (QED) is 0.351. The van der Waals surface area contributed by atoms with Gasteiger partial charge in [-0.3, -0.25) is 9.69 Å². The Bertz CT molecular complexity index is 1260. The minimum Gasteiger partial charge on any atom is -0.489 e. The normalized spacial score (nSPS) is 19.1. The Morgan fingerprint density at radius 1 is 1.09 bits per heavy atom. The molecule has 180 valence electrons. The lowest BCUT2D eigenvalue weighted by molar-refractivity contribution is -0.124. The molecule has 2 fully saturated rings. The molecule has 1 aliphatic heterocycles. The van der Waals surface area contributed by atoms with Crippen LogP contribution in [0.5, 0.6) is 5.75 Å². The Balaban J connectivity index is 1.37. The lowest BCUT2D eigenvalue weighted by Crippen LogP contribution is -2.40. The zero-order valence-corrected chi connectivity index (χ0v) is 21.6. The van der Waals surface area contributed by atoms with E-state index in [-0.39, 0.29) is 11.9 Å².